The summed E-state index contributed by atoms with van der Waals surface area (Å²) >= 11 is 0. The average molecular weight is 320 g/mol. The van der Waals surface area contributed by atoms with Crippen molar-refractivity contribution in [2.45, 2.75) is 11.8 Å². The molecule has 0 aliphatic rings. The Kier molecular flexibility index (Phi) is 5.63. The van der Waals surface area contributed by atoms with Crippen LogP contribution in [0.2, 0.25) is 0 Å². The highest BCUT2D eigenvalue weighted by Gasteiger charge is 2.25. The third-order valence-corrected chi connectivity index (χ3v) is 4.98. The van der Waals surface area contributed by atoms with Gasteiger partial charge in [-0.2, -0.15) is 0 Å². The van der Waals surface area contributed by atoms with Gasteiger partial charge >= 0.3 is 5.69 Å². The van der Waals surface area contributed by atoms with Gasteiger partial charge in [0.25, 0.3) is 0 Å². The van der Waals surface area contributed by atoms with Crippen molar-refractivity contribution in [2.75, 3.05) is 29.6 Å². The third-order valence-electron chi connectivity index (χ3n) is 2.55. The molecule has 0 aromatic heterocycles. The average Bonchev–Trinajstić information content (AvgIpc) is 2.36. The molecule has 20 heavy (non-hydrogen) atoms. The van der Waals surface area contributed by atoms with E-state index in [4.69, 9.17) is 0 Å². The summed E-state index contributed by atoms with van der Waals surface area (Å²) in [4.78, 5) is 10.0. The van der Waals surface area contributed by atoms with E-state index < -0.39 is 31.2 Å². The summed E-state index contributed by atoms with van der Waals surface area (Å²) in [6, 6.07) is 4.06. The van der Waals surface area contributed by atoms with Crippen LogP contribution in [0.15, 0.2) is 23.1 Å². The Hall–Kier alpha value is -1.48. The lowest BCUT2D eigenvalue weighted by atomic mass is 10.2. The van der Waals surface area contributed by atoms with Crippen LogP contribution in [0.1, 0.15) is 6.92 Å². The Balaban J connectivity index is 3.08. The smallest absolute Gasteiger partial charge is 0.310 e. The highest BCUT2D eigenvalue weighted by molar-refractivity contribution is 7.90. The molecule has 0 saturated carbocycles. The van der Waals surface area contributed by atoms with Gasteiger partial charge in [-0.15, -0.1) is 0 Å². The van der Waals surface area contributed by atoms with E-state index in [1.54, 1.807) is 6.92 Å². The maximum absolute atomic E-state index is 11.6. The summed E-state index contributed by atoms with van der Waals surface area (Å²) in [7, 11) is -4.68. The van der Waals surface area contributed by atoms with Crippen LogP contribution in [-0.4, -0.2) is 41.9 Å². The molecule has 0 heterocycles. The fraction of sp³-hybridized carbons (Fsp3) is 0.455. The zero-order chi connectivity index (χ0) is 15.3. The van der Waals surface area contributed by atoms with Crippen molar-refractivity contribution in [2.24, 2.45) is 0 Å². The van der Waals surface area contributed by atoms with E-state index in [1.165, 1.54) is 18.2 Å². The van der Waals surface area contributed by atoms with Gasteiger partial charge in [0.2, 0.25) is 0 Å². The fourth-order valence-corrected chi connectivity index (χ4v) is 3.08. The lowest BCUT2D eigenvalue weighted by Gasteiger charge is -2.09. The Morgan fingerprint density at radius 3 is 2.55 bits per heavy atom. The predicted molar refractivity (Wildman–Crippen MR) is 78.2 cm³/mol. The first kappa shape index (κ1) is 16.6. The number of rotatable bonds is 7. The van der Waals surface area contributed by atoms with Crippen LogP contribution < -0.4 is 5.32 Å². The maximum Gasteiger partial charge on any atom is 0.310 e. The fourth-order valence-electron chi connectivity index (χ4n) is 1.60. The molecule has 1 unspecified atom stereocenters. The summed E-state index contributed by atoms with van der Waals surface area (Å²) in [5.41, 5.74) is -0.358. The molecule has 0 bridgehead atoms. The lowest BCUT2D eigenvalue weighted by molar-refractivity contribution is -0.386. The molecule has 1 aromatic carbocycles. The minimum atomic E-state index is -3.69. The largest absolute Gasteiger partial charge is 0.379 e. The molecule has 0 fully saturated rings. The SMILES string of the molecule is CCS(=O)CCNc1cccc(S(C)(=O)=O)c1[N+](=O)[O-]. The van der Waals surface area contributed by atoms with Gasteiger partial charge in [0.05, 0.1) is 4.92 Å². The molecule has 0 amide bonds. The van der Waals surface area contributed by atoms with Gasteiger partial charge in [-0.25, -0.2) is 8.42 Å². The number of nitrogens with one attached hydrogen (secondary N) is 1. The Morgan fingerprint density at radius 2 is 2.05 bits per heavy atom. The molecule has 0 saturated heterocycles. The summed E-state index contributed by atoms with van der Waals surface area (Å²) in [6.45, 7) is 2.05. The van der Waals surface area contributed by atoms with E-state index in [9.17, 15) is 22.7 Å². The van der Waals surface area contributed by atoms with Gasteiger partial charge in [0, 0.05) is 35.1 Å². The Bertz CT molecular complexity index is 628. The van der Waals surface area contributed by atoms with Crippen LogP contribution in [0.25, 0.3) is 0 Å². The van der Waals surface area contributed by atoms with Crippen molar-refractivity contribution in [3.05, 3.63) is 28.3 Å². The number of para-hydroxylation sites is 1. The van der Waals surface area contributed by atoms with Crippen molar-refractivity contribution >= 4 is 32.0 Å². The van der Waals surface area contributed by atoms with E-state index in [0.717, 1.165) is 6.26 Å². The summed E-state index contributed by atoms with van der Waals surface area (Å²) in [6.07, 6.45) is 0.922. The van der Waals surface area contributed by atoms with E-state index >= 15 is 0 Å². The van der Waals surface area contributed by atoms with Gasteiger partial charge in [0.15, 0.2) is 9.84 Å². The first-order chi connectivity index (χ1) is 9.27. The Labute approximate surface area is 119 Å². The highest BCUT2D eigenvalue weighted by atomic mass is 32.2. The van der Waals surface area contributed by atoms with Gasteiger partial charge < -0.3 is 5.32 Å². The number of hydrogen-bond donors (Lipinski definition) is 1. The van der Waals surface area contributed by atoms with Gasteiger partial charge in [0.1, 0.15) is 10.6 Å². The van der Waals surface area contributed by atoms with Crippen molar-refractivity contribution < 1.29 is 17.6 Å². The summed E-state index contributed by atoms with van der Waals surface area (Å²) < 4.78 is 34.4. The van der Waals surface area contributed by atoms with Crippen LogP contribution in [0.4, 0.5) is 11.4 Å². The number of nitro benzene ring substituents is 1. The van der Waals surface area contributed by atoms with Crippen LogP contribution >= 0.6 is 0 Å². The summed E-state index contributed by atoms with van der Waals surface area (Å²) in [5.74, 6) is 0.851. The molecule has 0 aliphatic heterocycles. The second-order valence-corrected chi connectivity index (χ2v) is 7.89. The van der Waals surface area contributed by atoms with E-state index in [-0.39, 0.29) is 17.1 Å². The van der Waals surface area contributed by atoms with Crippen LogP contribution in [0, 0.1) is 10.1 Å². The molecule has 0 spiro atoms. The number of sulfone groups is 1. The van der Waals surface area contributed by atoms with Crippen LogP contribution in [0.5, 0.6) is 0 Å². The van der Waals surface area contributed by atoms with Gasteiger partial charge in [-0.1, -0.05) is 13.0 Å². The molecular formula is C11H16N2O5S2. The van der Waals surface area contributed by atoms with Crippen molar-refractivity contribution in [1.29, 1.82) is 0 Å². The molecule has 0 radical (unpaired) electrons. The zero-order valence-corrected chi connectivity index (χ0v) is 12.8. The lowest BCUT2D eigenvalue weighted by Crippen LogP contribution is -2.14. The minimum Gasteiger partial charge on any atom is -0.379 e. The first-order valence-corrected chi connectivity index (χ1v) is 9.21. The molecule has 9 heteroatoms. The molecule has 112 valence electrons. The number of hydrogen-bond acceptors (Lipinski definition) is 6. The minimum absolute atomic E-state index is 0.117. The quantitative estimate of drug-likeness (QED) is 0.597. The van der Waals surface area contributed by atoms with Crippen LogP contribution in [-0.2, 0) is 20.6 Å². The number of nitro groups is 1. The molecule has 7 nitrogen and oxygen atoms in total. The molecule has 1 rings (SSSR count). The van der Waals surface area contributed by atoms with Gasteiger partial charge in [-0.3, -0.25) is 14.3 Å². The van der Waals surface area contributed by atoms with Crippen molar-refractivity contribution in [1.82, 2.24) is 0 Å². The second kappa shape index (κ2) is 6.80. The predicted octanol–water partition coefficient (Wildman–Crippen LogP) is 1.18. The standard InChI is InChI=1S/C11H16N2O5S2/c1-3-19(16)8-7-12-9-5-4-6-10(20(2,17)18)11(9)13(14)15/h4-6,12H,3,7-8H2,1-2H3. The normalized spacial score (nSPS) is 12.9. The molecule has 1 aromatic rings. The molecule has 1 atom stereocenters. The van der Waals surface area contributed by atoms with E-state index in [0.29, 0.717) is 11.5 Å². The third kappa shape index (κ3) is 4.27. The van der Waals surface area contributed by atoms with Crippen LogP contribution in [0.3, 0.4) is 0 Å². The van der Waals surface area contributed by atoms with E-state index in [1.807, 2.05) is 0 Å². The first-order valence-electron chi connectivity index (χ1n) is 5.83. The highest BCUT2D eigenvalue weighted by Crippen LogP contribution is 2.31. The van der Waals surface area contributed by atoms with Crippen molar-refractivity contribution in [3.8, 4) is 0 Å². The molecular weight excluding hydrogens is 304 g/mol. The van der Waals surface area contributed by atoms with Gasteiger partial charge in [-0.05, 0) is 12.1 Å². The molecule has 1 N–H and O–H groups in total. The molecule has 0 aliphatic carbocycles. The van der Waals surface area contributed by atoms with E-state index in [2.05, 4.69) is 5.32 Å². The monoisotopic (exact) mass is 320 g/mol. The van der Waals surface area contributed by atoms with Crippen molar-refractivity contribution in [3.63, 3.8) is 0 Å². The maximum atomic E-state index is 11.6. The topological polar surface area (TPSA) is 106 Å². The Morgan fingerprint density at radius 1 is 1.40 bits per heavy atom. The zero-order valence-electron chi connectivity index (χ0n) is 11.2. The number of nitrogens with zero attached hydrogens (tertiary/aromatic N) is 1. The number of benzene rings is 1. The second-order valence-electron chi connectivity index (χ2n) is 4.04. The number of anilines is 1. The summed E-state index contributed by atoms with van der Waals surface area (Å²) in [5, 5.41) is 13.9.